The highest BCUT2D eigenvalue weighted by atomic mass is 19.1. The van der Waals surface area contributed by atoms with Gasteiger partial charge in [-0.05, 0) is 43.5 Å². The third kappa shape index (κ3) is 4.73. The molecule has 1 amide bonds. The first-order valence-electron chi connectivity index (χ1n) is 8.84. The van der Waals surface area contributed by atoms with Crippen LogP contribution >= 0.6 is 0 Å². The molecule has 0 saturated carbocycles. The van der Waals surface area contributed by atoms with Crippen LogP contribution < -0.4 is 5.32 Å². The molecule has 0 bridgehead atoms. The van der Waals surface area contributed by atoms with Crippen molar-refractivity contribution in [2.75, 3.05) is 5.32 Å². The topological polar surface area (TPSA) is 71.2 Å². The number of hydrogen-bond donors (Lipinski definition) is 2. The fourth-order valence-electron chi connectivity index (χ4n) is 2.87. The average molecular weight is 368 g/mol. The maximum Gasteiger partial charge on any atom is 0.306 e. The molecule has 2 N–H and O–H groups in total. The standard InChI is InChI=1S/C21H21FN2O3/c1-14(21(26)24-19-11-5-3-9-17(19)22)27-20(25)12-6-7-15-13-23-18-10-4-2-8-16(15)18/h2-5,8-11,13-14,23H,6-7,12H2,1H3,(H,24,26)/t14-/m0/s1. The van der Waals surface area contributed by atoms with Gasteiger partial charge in [0.05, 0.1) is 5.69 Å². The van der Waals surface area contributed by atoms with E-state index in [9.17, 15) is 14.0 Å². The Bertz CT molecular complexity index is 951. The lowest BCUT2D eigenvalue weighted by molar-refractivity contribution is -0.153. The average Bonchev–Trinajstić information content (AvgIpc) is 3.07. The zero-order chi connectivity index (χ0) is 19.2. The third-order valence-electron chi connectivity index (χ3n) is 4.31. The highest BCUT2D eigenvalue weighted by Gasteiger charge is 2.19. The van der Waals surface area contributed by atoms with Gasteiger partial charge in [0.2, 0.25) is 0 Å². The van der Waals surface area contributed by atoms with Crippen molar-refractivity contribution < 1.29 is 18.7 Å². The first kappa shape index (κ1) is 18.6. The Kier molecular flexibility index (Phi) is 5.86. The monoisotopic (exact) mass is 368 g/mol. The highest BCUT2D eigenvalue weighted by molar-refractivity contribution is 5.95. The molecule has 0 aliphatic rings. The smallest absolute Gasteiger partial charge is 0.306 e. The molecule has 5 nitrogen and oxygen atoms in total. The highest BCUT2D eigenvalue weighted by Crippen LogP contribution is 2.19. The number of benzene rings is 2. The van der Waals surface area contributed by atoms with Crippen LogP contribution in [-0.2, 0) is 20.7 Å². The van der Waals surface area contributed by atoms with Gasteiger partial charge in [0.1, 0.15) is 5.82 Å². The van der Waals surface area contributed by atoms with Crippen LogP contribution in [0.1, 0.15) is 25.3 Å². The van der Waals surface area contributed by atoms with Gasteiger partial charge in [-0.3, -0.25) is 9.59 Å². The minimum absolute atomic E-state index is 0.0599. The van der Waals surface area contributed by atoms with Crippen LogP contribution in [0.4, 0.5) is 10.1 Å². The number of aryl methyl sites for hydroxylation is 1. The number of esters is 1. The van der Waals surface area contributed by atoms with E-state index < -0.39 is 23.8 Å². The summed E-state index contributed by atoms with van der Waals surface area (Å²) in [6.45, 7) is 1.47. The van der Waals surface area contributed by atoms with Crippen LogP contribution in [0.2, 0.25) is 0 Å². The van der Waals surface area contributed by atoms with Crippen molar-refractivity contribution in [1.29, 1.82) is 0 Å². The number of carbonyl (C=O) groups excluding carboxylic acids is 2. The van der Waals surface area contributed by atoms with Crippen molar-refractivity contribution in [3.05, 3.63) is 66.1 Å². The minimum Gasteiger partial charge on any atom is -0.453 e. The van der Waals surface area contributed by atoms with Crippen molar-refractivity contribution in [3.8, 4) is 0 Å². The minimum atomic E-state index is -0.995. The van der Waals surface area contributed by atoms with Crippen LogP contribution in [0.3, 0.4) is 0 Å². The van der Waals surface area contributed by atoms with Gasteiger partial charge in [-0.25, -0.2) is 4.39 Å². The van der Waals surface area contributed by atoms with E-state index in [1.165, 1.54) is 25.1 Å². The maximum atomic E-state index is 13.6. The van der Waals surface area contributed by atoms with Gasteiger partial charge in [0.15, 0.2) is 6.10 Å². The zero-order valence-corrected chi connectivity index (χ0v) is 15.0. The molecule has 0 aliphatic heterocycles. The summed E-state index contributed by atoms with van der Waals surface area (Å²) in [6, 6.07) is 13.8. The summed E-state index contributed by atoms with van der Waals surface area (Å²) in [5.74, 6) is -1.56. The van der Waals surface area contributed by atoms with Crippen LogP contribution in [0, 0.1) is 5.82 Å². The normalized spacial score (nSPS) is 11.9. The summed E-state index contributed by atoms with van der Waals surface area (Å²) >= 11 is 0. The molecular weight excluding hydrogens is 347 g/mol. The van der Waals surface area contributed by atoms with Gasteiger partial charge in [0.25, 0.3) is 5.91 Å². The molecule has 1 aromatic heterocycles. The predicted molar refractivity (Wildman–Crippen MR) is 102 cm³/mol. The van der Waals surface area contributed by atoms with Gasteiger partial charge >= 0.3 is 5.97 Å². The molecule has 3 rings (SSSR count). The Morgan fingerprint density at radius 2 is 1.89 bits per heavy atom. The van der Waals surface area contributed by atoms with Crippen molar-refractivity contribution >= 4 is 28.5 Å². The lowest BCUT2D eigenvalue weighted by Gasteiger charge is -2.13. The van der Waals surface area contributed by atoms with Crippen molar-refractivity contribution in [2.45, 2.75) is 32.3 Å². The van der Waals surface area contributed by atoms with Gasteiger partial charge in [-0.1, -0.05) is 30.3 Å². The molecule has 1 heterocycles. The van der Waals surface area contributed by atoms with E-state index in [2.05, 4.69) is 10.3 Å². The molecule has 0 aliphatic carbocycles. The largest absolute Gasteiger partial charge is 0.453 e. The summed E-state index contributed by atoms with van der Waals surface area (Å²) in [7, 11) is 0. The lowest BCUT2D eigenvalue weighted by atomic mass is 10.1. The second-order valence-electron chi connectivity index (χ2n) is 6.31. The van der Waals surface area contributed by atoms with Gasteiger partial charge in [0, 0.05) is 23.5 Å². The first-order valence-corrected chi connectivity index (χ1v) is 8.84. The fraction of sp³-hybridized carbons (Fsp3) is 0.238. The quantitative estimate of drug-likeness (QED) is 0.614. The molecule has 140 valence electrons. The number of rotatable bonds is 7. The number of aromatic amines is 1. The Morgan fingerprint density at radius 3 is 2.70 bits per heavy atom. The summed E-state index contributed by atoms with van der Waals surface area (Å²) in [5, 5.41) is 3.56. The molecule has 0 spiro atoms. The molecule has 1 atom stereocenters. The number of hydrogen-bond acceptors (Lipinski definition) is 3. The molecule has 0 unspecified atom stereocenters. The molecule has 0 radical (unpaired) electrons. The number of halogens is 1. The van der Waals surface area contributed by atoms with E-state index >= 15 is 0 Å². The van der Waals surface area contributed by atoms with E-state index in [0.717, 1.165) is 22.9 Å². The van der Waals surface area contributed by atoms with E-state index in [4.69, 9.17) is 4.74 Å². The number of amides is 1. The fourth-order valence-corrected chi connectivity index (χ4v) is 2.87. The van der Waals surface area contributed by atoms with E-state index in [1.807, 2.05) is 30.5 Å². The number of aromatic nitrogens is 1. The molecule has 2 aromatic carbocycles. The van der Waals surface area contributed by atoms with E-state index in [0.29, 0.717) is 6.42 Å². The van der Waals surface area contributed by atoms with Crippen LogP contribution in [0.15, 0.2) is 54.7 Å². The Hall–Kier alpha value is -3.15. The summed E-state index contributed by atoms with van der Waals surface area (Å²) in [4.78, 5) is 27.2. The van der Waals surface area contributed by atoms with Gasteiger partial charge in [-0.15, -0.1) is 0 Å². The van der Waals surface area contributed by atoms with E-state index in [-0.39, 0.29) is 12.1 Å². The molecule has 0 fully saturated rings. The Morgan fingerprint density at radius 1 is 1.15 bits per heavy atom. The number of para-hydroxylation sites is 2. The van der Waals surface area contributed by atoms with Gasteiger partial charge < -0.3 is 15.0 Å². The number of ether oxygens (including phenoxy) is 1. The summed E-state index contributed by atoms with van der Waals surface area (Å²) in [5.41, 5.74) is 2.27. The second-order valence-corrected chi connectivity index (χ2v) is 6.31. The lowest BCUT2D eigenvalue weighted by Crippen LogP contribution is -2.30. The molecule has 6 heteroatoms. The van der Waals surface area contributed by atoms with Crippen molar-refractivity contribution in [1.82, 2.24) is 4.98 Å². The predicted octanol–water partition coefficient (Wildman–Crippen LogP) is 4.20. The second kappa shape index (κ2) is 8.49. The number of anilines is 1. The molecule has 0 saturated heterocycles. The zero-order valence-electron chi connectivity index (χ0n) is 15.0. The molecule has 27 heavy (non-hydrogen) atoms. The number of H-pyrrole nitrogens is 1. The maximum absolute atomic E-state index is 13.6. The van der Waals surface area contributed by atoms with Crippen molar-refractivity contribution in [2.24, 2.45) is 0 Å². The molecule has 3 aromatic rings. The number of nitrogens with one attached hydrogen (secondary N) is 2. The number of carbonyl (C=O) groups is 2. The molecular formula is C21H21FN2O3. The third-order valence-corrected chi connectivity index (χ3v) is 4.31. The Balaban J connectivity index is 1.46. The van der Waals surface area contributed by atoms with Crippen LogP contribution in [-0.4, -0.2) is 23.0 Å². The summed E-state index contributed by atoms with van der Waals surface area (Å²) in [6.07, 6.45) is 2.50. The van der Waals surface area contributed by atoms with Gasteiger partial charge in [-0.2, -0.15) is 0 Å². The van der Waals surface area contributed by atoms with Crippen LogP contribution in [0.5, 0.6) is 0 Å². The SMILES string of the molecule is C[C@H](OC(=O)CCCc1c[nH]c2ccccc12)C(=O)Nc1ccccc1F. The summed E-state index contributed by atoms with van der Waals surface area (Å²) < 4.78 is 18.7. The Labute approximate surface area is 156 Å². The van der Waals surface area contributed by atoms with Crippen LogP contribution in [0.25, 0.3) is 10.9 Å². The first-order chi connectivity index (χ1) is 13.0. The number of fused-ring (bicyclic) bond motifs is 1. The van der Waals surface area contributed by atoms with E-state index in [1.54, 1.807) is 6.07 Å². The van der Waals surface area contributed by atoms with Crippen molar-refractivity contribution in [3.63, 3.8) is 0 Å².